The van der Waals surface area contributed by atoms with Crippen LogP contribution >= 0.6 is 0 Å². The van der Waals surface area contributed by atoms with Crippen LogP contribution in [0.4, 0.5) is 4.39 Å². The highest BCUT2D eigenvalue weighted by atomic mass is 19.1. The van der Waals surface area contributed by atoms with Gasteiger partial charge in [0, 0.05) is 0 Å². The summed E-state index contributed by atoms with van der Waals surface area (Å²) in [6.07, 6.45) is -0.330. The van der Waals surface area contributed by atoms with E-state index < -0.39 is 18.2 Å². The number of amides is 1. The Morgan fingerprint density at radius 2 is 2.33 bits per heavy atom. The van der Waals surface area contributed by atoms with E-state index in [2.05, 4.69) is 5.73 Å². The van der Waals surface area contributed by atoms with Crippen LogP contribution in [0.25, 0.3) is 0 Å². The fraction of sp³-hybridized carbons (Fsp3) is 0.800. The van der Waals surface area contributed by atoms with E-state index in [0.717, 1.165) is 0 Å². The van der Waals surface area contributed by atoms with Crippen molar-refractivity contribution < 1.29 is 14.3 Å². The second-order valence-corrected chi connectivity index (χ2v) is 2.27. The smallest absolute Gasteiger partial charge is 0.220 e. The zero-order chi connectivity index (χ0) is 7.49. The molecule has 0 heterocycles. The van der Waals surface area contributed by atoms with E-state index in [-0.39, 0.29) is 6.42 Å². The van der Waals surface area contributed by atoms with Gasteiger partial charge in [-0.15, -0.1) is 0 Å². The molecule has 9 heavy (non-hydrogen) atoms. The molecule has 0 aliphatic carbocycles. The maximum Gasteiger partial charge on any atom is 0.220 e. The van der Waals surface area contributed by atoms with Crippen molar-refractivity contribution in [2.24, 2.45) is 5.73 Å². The normalized spacial score (nSPS) is 16.8. The number of rotatable bonds is 3. The molecule has 0 spiro atoms. The average Bonchev–Trinajstić information content (AvgIpc) is 1.63. The third kappa shape index (κ3) is 3.90. The van der Waals surface area contributed by atoms with Crippen molar-refractivity contribution in [3.63, 3.8) is 0 Å². The Morgan fingerprint density at radius 1 is 1.89 bits per heavy atom. The van der Waals surface area contributed by atoms with Gasteiger partial charge in [-0.05, 0) is 6.92 Å². The van der Waals surface area contributed by atoms with Crippen LogP contribution < -0.4 is 5.73 Å². The molecule has 0 rings (SSSR count). The Hall–Kier alpha value is -0.640. The number of carbonyl (C=O) groups is 1. The number of aliphatic hydroxyl groups is 1. The molecule has 1 atom stereocenters. The van der Waals surface area contributed by atoms with Crippen LogP contribution in [0.5, 0.6) is 0 Å². The molecule has 3 N–H and O–H groups in total. The molecule has 0 saturated heterocycles. The van der Waals surface area contributed by atoms with E-state index in [9.17, 15) is 9.18 Å². The van der Waals surface area contributed by atoms with E-state index >= 15 is 0 Å². The van der Waals surface area contributed by atoms with Crippen molar-refractivity contribution in [1.29, 1.82) is 0 Å². The Labute approximate surface area is 52.7 Å². The van der Waals surface area contributed by atoms with Crippen LogP contribution in [0.2, 0.25) is 0 Å². The topological polar surface area (TPSA) is 63.3 Å². The standard InChI is InChI=1S/C5H10FNO2/c1-5(9,3-6)2-4(7)8/h9H,2-3H2,1H3,(H2,7,8). The van der Waals surface area contributed by atoms with Gasteiger partial charge in [0.15, 0.2) is 0 Å². The summed E-state index contributed by atoms with van der Waals surface area (Å²) in [5, 5.41) is 8.82. The Morgan fingerprint density at radius 3 is 2.44 bits per heavy atom. The molecular formula is C5H10FNO2. The number of hydrogen-bond acceptors (Lipinski definition) is 2. The molecular weight excluding hydrogens is 125 g/mol. The van der Waals surface area contributed by atoms with E-state index in [1.807, 2.05) is 0 Å². The van der Waals surface area contributed by atoms with E-state index in [1.165, 1.54) is 6.92 Å². The summed E-state index contributed by atoms with van der Waals surface area (Å²) >= 11 is 0. The quantitative estimate of drug-likeness (QED) is 0.552. The van der Waals surface area contributed by atoms with Crippen LogP contribution in [0, 0.1) is 0 Å². The van der Waals surface area contributed by atoms with Crippen LogP contribution in [0.15, 0.2) is 0 Å². The zero-order valence-corrected chi connectivity index (χ0v) is 5.22. The molecule has 0 radical (unpaired) electrons. The molecule has 0 fully saturated rings. The third-order valence-electron chi connectivity index (χ3n) is 0.843. The molecule has 0 aliphatic heterocycles. The Bertz CT molecular complexity index is 114. The molecule has 4 heteroatoms. The summed E-state index contributed by atoms with van der Waals surface area (Å²) < 4.78 is 11.7. The highest BCUT2D eigenvalue weighted by molar-refractivity contribution is 5.74. The lowest BCUT2D eigenvalue weighted by atomic mass is 10.1. The van der Waals surface area contributed by atoms with Gasteiger partial charge in [0.05, 0.1) is 12.0 Å². The molecule has 1 unspecified atom stereocenters. The van der Waals surface area contributed by atoms with Crippen molar-refractivity contribution in [2.75, 3.05) is 6.67 Å². The first kappa shape index (κ1) is 8.36. The molecule has 3 nitrogen and oxygen atoms in total. The Kier molecular flexibility index (Phi) is 2.58. The molecule has 0 aromatic carbocycles. The lowest BCUT2D eigenvalue weighted by molar-refractivity contribution is -0.122. The minimum Gasteiger partial charge on any atom is -0.387 e. The monoisotopic (exact) mass is 135 g/mol. The summed E-state index contributed by atoms with van der Waals surface area (Å²) in [6, 6.07) is 0. The number of carbonyl (C=O) groups excluding carboxylic acids is 1. The van der Waals surface area contributed by atoms with Crippen LogP contribution in [0.3, 0.4) is 0 Å². The average molecular weight is 135 g/mol. The van der Waals surface area contributed by atoms with E-state index in [0.29, 0.717) is 0 Å². The lowest BCUT2D eigenvalue weighted by Gasteiger charge is -2.15. The summed E-state index contributed by atoms with van der Waals surface area (Å²) in [5.74, 6) is -0.697. The van der Waals surface area contributed by atoms with Gasteiger partial charge in [-0.1, -0.05) is 0 Å². The van der Waals surface area contributed by atoms with Crippen molar-refractivity contribution in [1.82, 2.24) is 0 Å². The minimum atomic E-state index is -1.58. The Balaban J connectivity index is 3.71. The van der Waals surface area contributed by atoms with Gasteiger partial charge >= 0.3 is 0 Å². The largest absolute Gasteiger partial charge is 0.387 e. The first-order valence-corrected chi connectivity index (χ1v) is 2.54. The number of nitrogens with two attached hydrogens (primary N) is 1. The first-order chi connectivity index (χ1) is 3.98. The SMILES string of the molecule is CC(O)(CF)CC(N)=O. The highest BCUT2D eigenvalue weighted by Crippen LogP contribution is 2.07. The van der Waals surface area contributed by atoms with Gasteiger partial charge in [0.25, 0.3) is 0 Å². The second kappa shape index (κ2) is 2.77. The van der Waals surface area contributed by atoms with Gasteiger partial charge < -0.3 is 10.8 Å². The summed E-state index contributed by atoms with van der Waals surface area (Å²) in [4.78, 5) is 10.1. The highest BCUT2D eigenvalue weighted by Gasteiger charge is 2.22. The van der Waals surface area contributed by atoms with Crippen LogP contribution in [0.1, 0.15) is 13.3 Å². The number of halogens is 1. The van der Waals surface area contributed by atoms with Crippen LogP contribution in [-0.2, 0) is 4.79 Å². The third-order valence-corrected chi connectivity index (χ3v) is 0.843. The fourth-order valence-electron chi connectivity index (χ4n) is 0.423. The molecule has 0 bridgehead atoms. The summed E-state index contributed by atoms with van der Waals surface area (Å²) in [7, 11) is 0. The fourth-order valence-corrected chi connectivity index (χ4v) is 0.423. The maximum atomic E-state index is 11.7. The summed E-state index contributed by atoms with van der Waals surface area (Å²) in [5.41, 5.74) is 3.11. The van der Waals surface area contributed by atoms with Crippen molar-refractivity contribution >= 4 is 5.91 Å². The first-order valence-electron chi connectivity index (χ1n) is 2.54. The van der Waals surface area contributed by atoms with Gasteiger partial charge in [-0.3, -0.25) is 4.79 Å². The molecule has 1 amide bonds. The van der Waals surface area contributed by atoms with E-state index in [1.54, 1.807) is 0 Å². The predicted molar refractivity (Wildman–Crippen MR) is 30.4 cm³/mol. The number of primary amides is 1. The van der Waals surface area contributed by atoms with Gasteiger partial charge in [-0.2, -0.15) is 0 Å². The van der Waals surface area contributed by atoms with Crippen molar-refractivity contribution in [2.45, 2.75) is 18.9 Å². The number of hydrogen-bond donors (Lipinski definition) is 2. The predicted octanol–water partition coefficient (Wildman–Crippen LogP) is -0.418. The van der Waals surface area contributed by atoms with Crippen LogP contribution in [-0.4, -0.2) is 23.3 Å². The van der Waals surface area contributed by atoms with Crippen molar-refractivity contribution in [3.8, 4) is 0 Å². The molecule has 0 aliphatic rings. The lowest BCUT2D eigenvalue weighted by Crippen LogP contribution is -2.33. The minimum absolute atomic E-state index is 0.330. The maximum absolute atomic E-state index is 11.7. The van der Waals surface area contributed by atoms with Gasteiger partial charge in [0.1, 0.15) is 6.67 Å². The second-order valence-electron chi connectivity index (χ2n) is 2.27. The zero-order valence-electron chi connectivity index (χ0n) is 5.22. The van der Waals surface area contributed by atoms with Gasteiger partial charge in [-0.25, -0.2) is 4.39 Å². The van der Waals surface area contributed by atoms with E-state index in [4.69, 9.17) is 5.11 Å². The van der Waals surface area contributed by atoms with Crippen molar-refractivity contribution in [3.05, 3.63) is 0 Å². The molecule has 54 valence electrons. The summed E-state index contributed by atoms with van der Waals surface area (Å²) in [6.45, 7) is 0.272. The molecule has 0 aromatic rings. The van der Waals surface area contributed by atoms with Gasteiger partial charge in [0.2, 0.25) is 5.91 Å². The molecule has 0 aromatic heterocycles. The molecule has 0 saturated carbocycles. The number of alkyl halides is 1.